The predicted molar refractivity (Wildman–Crippen MR) is 102 cm³/mol. The van der Waals surface area contributed by atoms with Gasteiger partial charge in [-0.25, -0.2) is 0 Å². The summed E-state index contributed by atoms with van der Waals surface area (Å²) >= 11 is 0. The number of pyridine rings is 1. The lowest BCUT2D eigenvalue weighted by atomic mass is 9.98. The van der Waals surface area contributed by atoms with Crippen molar-refractivity contribution in [3.05, 3.63) is 100.0 Å². The maximum Gasteiger partial charge on any atom is 0.277 e. The first-order valence-corrected chi connectivity index (χ1v) is 8.65. The Kier molecular flexibility index (Phi) is 4.16. The fourth-order valence-corrected chi connectivity index (χ4v) is 3.47. The molecular weight excluding hydrogens is 342 g/mol. The van der Waals surface area contributed by atoms with Gasteiger partial charge in [0.1, 0.15) is 6.67 Å². The largest absolute Gasteiger partial charge is 0.502 e. The van der Waals surface area contributed by atoms with Crippen molar-refractivity contribution < 1.29 is 9.90 Å². The SMILES string of the molecule is CN1CN(C(c2ccccc2)c2ccccc2)n2ccc(=O)c(O)c2C1=O. The highest BCUT2D eigenvalue weighted by molar-refractivity contribution is 5.96. The monoisotopic (exact) mass is 361 g/mol. The van der Waals surface area contributed by atoms with Gasteiger partial charge in [0, 0.05) is 19.3 Å². The van der Waals surface area contributed by atoms with Crippen LogP contribution in [0, 0.1) is 0 Å². The molecule has 0 radical (unpaired) electrons. The summed E-state index contributed by atoms with van der Waals surface area (Å²) in [6.07, 6.45) is 1.54. The quantitative estimate of drug-likeness (QED) is 0.778. The molecule has 1 amide bonds. The van der Waals surface area contributed by atoms with Crippen molar-refractivity contribution in [2.45, 2.75) is 6.04 Å². The molecule has 1 N–H and O–H groups in total. The molecule has 0 atom stereocenters. The Bertz CT molecular complexity index is 992. The number of aromatic nitrogens is 1. The molecule has 1 aromatic heterocycles. The first-order chi connectivity index (χ1) is 13.1. The van der Waals surface area contributed by atoms with Crippen molar-refractivity contribution in [3.63, 3.8) is 0 Å². The first kappa shape index (κ1) is 16.9. The number of carbonyl (C=O) groups excluding carboxylic acids is 1. The molecule has 6 nitrogen and oxygen atoms in total. The highest BCUT2D eigenvalue weighted by Gasteiger charge is 2.34. The minimum absolute atomic E-state index is 0.0203. The third-order valence-electron chi connectivity index (χ3n) is 4.77. The molecule has 136 valence electrons. The summed E-state index contributed by atoms with van der Waals surface area (Å²) in [4.78, 5) is 26.0. The Morgan fingerprint density at radius 2 is 1.44 bits per heavy atom. The summed E-state index contributed by atoms with van der Waals surface area (Å²) in [5, 5.41) is 12.2. The number of carbonyl (C=O) groups is 1. The number of aromatic hydroxyl groups is 1. The van der Waals surface area contributed by atoms with Crippen molar-refractivity contribution in [1.29, 1.82) is 0 Å². The fourth-order valence-electron chi connectivity index (χ4n) is 3.47. The van der Waals surface area contributed by atoms with Gasteiger partial charge >= 0.3 is 0 Å². The van der Waals surface area contributed by atoms with E-state index in [-0.39, 0.29) is 17.6 Å². The minimum Gasteiger partial charge on any atom is -0.502 e. The van der Waals surface area contributed by atoms with Gasteiger partial charge in [-0.3, -0.25) is 19.3 Å². The Morgan fingerprint density at radius 3 is 2.00 bits per heavy atom. The Balaban J connectivity index is 1.94. The van der Waals surface area contributed by atoms with Crippen LogP contribution in [0.3, 0.4) is 0 Å². The summed E-state index contributed by atoms with van der Waals surface area (Å²) in [5.74, 6) is -0.916. The van der Waals surface area contributed by atoms with Crippen LogP contribution in [0.5, 0.6) is 5.75 Å². The lowest BCUT2D eigenvalue weighted by Gasteiger charge is -2.42. The number of hydrogen-bond donors (Lipinski definition) is 1. The van der Waals surface area contributed by atoms with E-state index < -0.39 is 11.2 Å². The molecule has 3 aromatic rings. The summed E-state index contributed by atoms with van der Waals surface area (Å²) in [6.45, 7) is 0.308. The normalized spacial score (nSPS) is 13.8. The van der Waals surface area contributed by atoms with Crippen molar-refractivity contribution in [1.82, 2.24) is 9.58 Å². The maximum absolute atomic E-state index is 12.6. The third kappa shape index (κ3) is 2.85. The highest BCUT2D eigenvalue weighted by atomic mass is 16.3. The standard InChI is InChI=1S/C21H19N3O3/c1-22-14-24(23-13-12-17(25)20(26)19(23)21(22)27)18(15-8-4-2-5-9-15)16-10-6-3-7-11-16/h2-13,18,26H,14H2,1H3. The van der Waals surface area contributed by atoms with Crippen LogP contribution >= 0.6 is 0 Å². The molecule has 0 saturated carbocycles. The lowest BCUT2D eigenvalue weighted by molar-refractivity contribution is 0.0726. The summed E-state index contributed by atoms with van der Waals surface area (Å²) in [7, 11) is 1.66. The zero-order valence-electron chi connectivity index (χ0n) is 14.8. The molecule has 0 saturated heterocycles. The van der Waals surface area contributed by atoms with Crippen LogP contribution in [-0.2, 0) is 0 Å². The van der Waals surface area contributed by atoms with Gasteiger partial charge in [-0.15, -0.1) is 0 Å². The maximum atomic E-state index is 12.6. The molecule has 2 aromatic carbocycles. The predicted octanol–water partition coefficient (Wildman–Crippen LogP) is 2.32. The van der Waals surface area contributed by atoms with Gasteiger partial charge in [-0.05, 0) is 11.1 Å². The Labute approximate surface area is 156 Å². The third-order valence-corrected chi connectivity index (χ3v) is 4.77. The van der Waals surface area contributed by atoms with Crippen LogP contribution in [0.15, 0.2) is 77.7 Å². The fraction of sp³-hybridized carbons (Fsp3) is 0.143. The van der Waals surface area contributed by atoms with E-state index in [2.05, 4.69) is 0 Å². The Hall–Kier alpha value is -3.54. The van der Waals surface area contributed by atoms with Crippen LogP contribution in [0.2, 0.25) is 0 Å². The van der Waals surface area contributed by atoms with Gasteiger partial charge in [0.25, 0.3) is 5.91 Å². The van der Waals surface area contributed by atoms with E-state index >= 15 is 0 Å². The van der Waals surface area contributed by atoms with Gasteiger partial charge < -0.3 is 10.0 Å². The van der Waals surface area contributed by atoms with E-state index in [1.165, 1.54) is 11.0 Å². The highest BCUT2D eigenvalue weighted by Crippen LogP contribution is 2.31. The molecule has 4 rings (SSSR count). The first-order valence-electron chi connectivity index (χ1n) is 8.65. The van der Waals surface area contributed by atoms with Gasteiger partial charge in [-0.2, -0.15) is 0 Å². The summed E-state index contributed by atoms with van der Waals surface area (Å²) in [6, 6.07) is 20.9. The van der Waals surface area contributed by atoms with Crippen LogP contribution in [-0.4, -0.2) is 34.3 Å². The van der Waals surface area contributed by atoms with Gasteiger partial charge in [0.15, 0.2) is 11.4 Å². The van der Waals surface area contributed by atoms with Crippen molar-refractivity contribution >= 4 is 5.91 Å². The second kappa shape index (κ2) is 6.64. The van der Waals surface area contributed by atoms with E-state index in [9.17, 15) is 14.7 Å². The zero-order valence-corrected chi connectivity index (χ0v) is 14.8. The molecule has 0 spiro atoms. The number of benzene rings is 2. The zero-order chi connectivity index (χ0) is 19.0. The molecule has 0 fully saturated rings. The van der Waals surface area contributed by atoms with Gasteiger partial charge in [-0.1, -0.05) is 60.7 Å². The lowest BCUT2D eigenvalue weighted by Crippen LogP contribution is -2.54. The van der Waals surface area contributed by atoms with Crippen LogP contribution in [0.4, 0.5) is 0 Å². The number of fused-ring (bicyclic) bond motifs is 1. The van der Waals surface area contributed by atoms with E-state index in [1.54, 1.807) is 17.9 Å². The molecule has 0 unspecified atom stereocenters. The van der Waals surface area contributed by atoms with Crippen LogP contribution in [0.25, 0.3) is 0 Å². The summed E-state index contributed by atoms with van der Waals surface area (Å²) in [5.41, 5.74) is 1.49. The van der Waals surface area contributed by atoms with E-state index in [0.717, 1.165) is 11.1 Å². The minimum atomic E-state index is -0.569. The molecule has 0 bridgehead atoms. The van der Waals surface area contributed by atoms with Crippen molar-refractivity contribution in [3.8, 4) is 5.75 Å². The number of amides is 1. The smallest absolute Gasteiger partial charge is 0.277 e. The molecule has 27 heavy (non-hydrogen) atoms. The molecular formula is C21H19N3O3. The van der Waals surface area contributed by atoms with Crippen LogP contribution in [0.1, 0.15) is 27.7 Å². The second-order valence-electron chi connectivity index (χ2n) is 6.53. The van der Waals surface area contributed by atoms with E-state index in [0.29, 0.717) is 6.67 Å². The molecule has 2 heterocycles. The molecule has 1 aliphatic heterocycles. The number of hydrogen-bond acceptors (Lipinski definition) is 4. The van der Waals surface area contributed by atoms with E-state index in [1.807, 2.05) is 65.7 Å². The average Bonchev–Trinajstić information content (AvgIpc) is 2.70. The van der Waals surface area contributed by atoms with E-state index in [4.69, 9.17) is 0 Å². The molecule has 0 aliphatic carbocycles. The molecule has 1 aliphatic rings. The number of nitrogens with zero attached hydrogens (tertiary/aromatic N) is 3. The van der Waals surface area contributed by atoms with Gasteiger partial charge in [0.05, 0.1) is 6.04 Å². The summed E-state index contributed by atoms with van der Waals surface area (Å²) < 4.78 is 1.59. The Morgan fingerprint density at radius 1 is 0.889 bits per heavy atom. The van der Waals surface area contributed by atoms with Crippen molar-refractivity contribution in [2.24, 2.45) is 0 Å². The molecule has 6 heteroatoms. The average molecular weight is 361 g/mol. The van der Waals surface area contributed by atoms with Crippen molar-refractivity contribution in [2.75, 3.05) is 18.7 Å². The topological polar surface area (TPSA) is 65.8 Å². The second-order valence-corrected chi connectivity index (χ2v) is 6.53. The van der Waals surface area contributed by atoms with Gasteiger partial charge in [0.2, 0.25) is 5.43 Å². The van der Waals surface area contributed by atoms with Crippen LogP contribution < -0.4 is 10.4 Å². The number of rotatable bonds is 3.